The van der Waals surface area contributed by atoms with E-state index in [2.05, 4.69) is 61.8 Å². The van der Waals surface area contributed by atoms with E-state index in [4.69, 9.17) is 0 Å². The third-order valence-electron chi connectivity index (χ3n) is 3.70. The first kappa shape index (κ1) is 13.8. The molecule has 0 fully saturated rings. The molecule has 0 radical (unpaired) electrons. The van der Waals surface area contributed by atoms with Crippen molar-refractivity contribution < 1.29 is 0 Å². The average molecular weight is 283 g/mol. The monoisotopic (exact) mass is 282 g/mol. The van der Waals surface area contributed by atoms with Gasteiger partial charge in [-0.15, -0.1) is 0 Å². The SMILES string of the molecule is CCC(CC)C(C)Cc1ccc(Br)cc1C. The summed E-state index contributed by atoms with van der Waals surface area (Å²) in [7, 11) is 0. The molecule has 0 nitrogen and oxygen atoms in total. The molecular formula is C15H23Br. The fourth-order valence-corrected chi connectivity index (χ4v) is 2.97. The van der Waals surface area contributed by atoms with Crippen LogP contribution in [0, 0.1) is 18.8 Å². The Morgan fingerprint density at radius 1 is 1.19 bits per heavy atom. The van der Waals surface area contributed by atoms with E-state index < -0.39 is 0 Å². The van der Waals surface area contributed by atoms with Crippen molar-refractivity contribution in [1.29, 1.82) is 0 Å². The van der Waals surface area contributed by atoms with Crippen LogP contribution in [0.5, 0.6) is 0 Å². The van der Waals surface area contributed by atoms with E-state index in [0.717, 1.165) is 11.8 Å². The highest BCUT2D eigenvalue weighted by molar-refractivity contribution is 9.10. The van der Waals surface area contributed by atoms with Crippen molar-refractivity contribution in [3.63, 3.8) is 0 Å². The highest BCUT2D eigenvalue weighted by Crippen LogP contribution is 2.25. The van der Waals surface area contributed by atoms with Gasteiger partial charge in [0.1, 0.15) is 0 Å². The summed E-state index contributed by atoms with van der Waals surface area (Å²) in [6.07, 6.45) is 3.81. The van der Waals surface area contributed by atoms with E-state index in [1.54, 1.807) is 0 Å². The summed E-state index contributed by atoms with van der Waals surface area (Å²) in [4.78, 5) is 0. The van der Waals surface area contributed by atoms with E-state index in [1.165, 1.54) is 34.9 Å². The molecule has 0 aromatic heterocycles. The second kappa shape index (κ2) is 6.44. The van der Waals surface area contributed by atoms with Crippen LogP contribution in [0.2, 0.25) is 0 Å². The third-order valence-corrected chi connectivity index (χ3v) is 4.19. The van der Waals surface area contributed by atoms with Gasteiger partial charge in [-0.3, -0.25) is 0 Å². The van der Waals surface area contributed by atoms with Crippen LogP contribution in [0.3, 0.4) is 0 Å². The first-order valence-electron chi connectivity index (χ1n) is 6.33. The molecule has 0 aliphatic rings. The molecule has 1 atom stereocenters. The molecule has 1 unspecified atom stereocenters. The van der Waals surface area contributed by atoms with Gasteiger partial charge >= 0.3 is 0 Å². The molecule has 0 saturated heterocycles. The molecule has 90 valence electrons. The van der Waals surface area contributed by atoms with E-state index in [9.17, 15) is 0 Å². The summed E-state index contributed by atoms with van der Waals surface area (Å²) in [5, 5.41) is 0. The van der Waals surface area contributed by atoms with Gasteiger partial charge in [0.05, 0.1) is 0 Å². The number of halogens is 1. The molecule has 0 aliphatic heterocycles. The van der Waals surface area contributed by atoms with Crippen molar-refractivity contribution in [1.82, 2.24) is 0 Å². The minimum atomic E-state index is 0.787. The van der Waals surface area contributed by atoms with Crippen LogP contribution in [0.4, 0.5) is 0 Å². The second-order valence-corrected chi connectivity index (χ2v) is 5.74. The predicted octanol–water partition coefficient (Wildman–Crippen LogP) is 5.37. The van der Waals surface area contributed by atoms with Gasteiger partial charge in [0.2, 0.25) is 0 Å². The highest BCUT2D eigenvalue weighted by atomic mass is 79.9. The quantitative estimate of drug-likeness (QED) is 0.681. The van der Waals surface area contributed by atoms with Crippen LogP contribution >= 0.6 is 15.9 Å². The molecule has 0 bridgehead atoms. The Morgan fingerprint density at radius 2 is 1.81 bits per heavy atom. The maximum atomic E-state index is 3.52. The van der Waals surface area contributed by atoms with Crippen LogP contribution in [0.25, 0.3) is 0 Å². The summed E-state index contributed by atoms with van der Waals surface area (Å²) < 4.78 is 1.18. The lowest BCUT2D eigenvalue weighted by atomic mass is 9.84. The van der Waals surface area contributed by atoms with Crippen molar-refractivity contribution in [3.8, 4) is 0 Å². The number of aryl methyl sites for hydroxylation is 1. The van der Waals surface area contributed by atoms with Gasteiger partial charge in [0, 0.05) is 4.47 Å². The number of hydrogen-bond acceptors (Lipinski definition) is 0. The van der Waals surface area contributed by atoms with Gasteiger partial charge in [-0.2, -0.15) is 0 Å². The molecule has 0 spiro atoms. The van der Waals surface area contributed by atoms with Crippen LogP contribution in [0.1, 0.15) is 44.7 Å². The third kappa shape index (κ3) is 3.62. The molecule has 0 saturated carbocycles. The van der Waals surface area contributed by atoms with E-state index in [0.29, 0.717) is 0 Å². The zero-order valence-corrected chi connectivity index (χ0v) is 12.5. The number of benzene rings is 1. The predicted molar refractivity (Wildman–Crippen MR) is 75.8 cm³/mol. The minimum Gasteiger partial charge on any atom is -0.0651 e. The van der Waals surface area contributed by atoms with Gasteiger partial charge in [-0.25, -0.2) is 0 Å². The van der Waals surface area contributed by atoms with Gasteiger partial charge < -0.3 is 0 Å². The van der Waals surface area contributed by atoms with Crippen molar-refractivity contribution in [2.75, 3.05) is 0 Å². The maximum absolute atomic E-state index is 3.52. The lowest BCUT2D eigenvalue weighted by molar-refractivity contribution is 0.335. The topological polar surface area (TPSA) is 0 Å². The van der Waals surface area contributed by atoms with Gasteiger partial charge in [-0.05, 0) is 48.4 Å². The van der Waals surface area contributed by atoms with Gasteiger partial charge in [0.25, 0.3) is 0 Å². The van der Waals surface area contributed by atoms with Crippen LogP contribution in [-0.2, 0) is 6.42 Å². The zero-order valence-electron chi connectivity index (χ0n) is 10.9. The zero-order chi connectivity index (χ0) is 12.1. The largest absolute Gasteiger partial charge is 0.0651 e. The molecule has 1 rings (SSSR count). The molecule has 0 amide bonds. The minimum absolute atomic E-state index is 0.787. The fraction of sp³-hybridized carbons (Fsp3) is 0.600. The van der Waals surface area contributed by atoms with Crippen molar-refractivity contribution in [3.05, 3.63) is 33.8 Å². The Hall–Kier alpha value is -0.300. The first-order chi connectivity index (χ1) is 7.58. The Labute approximate surface area is 109 Å². The molecule has 16 heavy (non-hydrogen) atoms. The summed E-state index contributed by atoms with van der Waals surface area (Å²) in [6, 6.07) is 6.63. The Bertz CT molecular complexity index is 326. The van der Waals surface area contributed by atoms with E-state index in [-0.39, 0.29) is 0 Å². The smallest absolute Gasteiger partial charge is 0.0178 e. The molecular weight excluding hydrogens is 260 g/mol. The highest BCUT2D eigenvalue weighted by Gasteiger charge is 2.14. The Balaban J connectivity index is 2.72. The maximum Gasteiger partial charge on any atom is 0.0178 e. The molecule has 1 aromatic carbocycles. The van der Waals surface area contributed by atoms with Gasteiger partial charge in [0.15, 0.2) is 0 Å². The average Bonchev–Trinajstić information content (AvgIpc) is 2.24. The van der Waals surface area contributed by atoms with Crippen molar-refractivity contribution in [2.24, 2.45) is 11.8 Å². The lowest BCUT2D eigenvalue weighted by Crippen LogP contribution is -2.13. The standard InChI is InChI=1S/C15H23Br/c1-5-13(6-2)11(3)9-14-7-8-15(16)10-12(14)4/h7-8,10-11,13H,5-6,9H2,1-4H3. The van der Waals surface area contributed by atoms with Crippen molar-refractivity contribution in [2.45, 2.75) is 47.0 Å². The normalized spacial score (nSPS) is 13.1. The van der Waals surface area contributed by atoms with E-state index in [1.807, 2.05) is 0 Å². The molecule has 0 heterocycles. The van der Waals surface area contributed by atoms with Crippen LogP contribution in [0.15, 0.2) is 22.7 Å². The lowest BCUT2D eigenvalue weighted by Gasteiger charge is -2.22. The van der Waals surface area contributed by atoms with Crippen LogP contribution in [-0.4, -0.2) is 0 Å². The Morgan fingerprint density at radius 3 is 2.31 bits per heavy atom. The second-order valence-electron chi connectivity index (χ2n) is 4.83. The van der Waals surface area contributed by atoms with Gasteiger partial charge in [-0.1, -0.05) is 55.6 Å². The van der Waals surface area contributed by atoms with E-state index >= 15 is 0 Å². The summed E-state index contributed by atoms with van der Waals surface area (Å²) in [6.45, 7) is 9.21. The van der Waals surface area contributed by atoms with Crippen molar-refractivity contribution >= 4 is 15.9 Å². The summed E-state index contributed by atoms with van der Waals surface area (Å²) in [5.41, 5.74) is 2.91. The molecule has 1 aromatic rings. The van der Waals surface area contributed by atoms with Crippen LogP contribution < -0.4 is 0 Å². The number of hydrogen-bond donors (Lipinski definition) is 0. The molecule has 0 N–H and O–H groups in total. The molecule has 0 aliphatic carbocycles. The number of rotatable bonds is 5. The summed E-state index contributed by atoms with van der Waals surface area (Å²) >= 11 is 3.52. The fourth-order valence-electron chi connectivity index (χ4n) is 2.50. The molecule has 1 heteroatoms. The Kier molecular flexibility index (Phi) is 5.54. The first-order valence-corrected chi connectivity index (χ1v) is 7.12. The summed E-state index contributed by atoms with van der Waals surface area (Å²) in [5.74, 6) is 1.65.